The van der Waals surface area contributed by atoms with Gasteiger partial charge in [-0.3, -0.25) is 0 Å². The van der Waals surface area contributed by atoms with E-state index in [1.165, 1.54) is 6.08 Å². The summed E-state index contributed by atoms with van der Waals surface area (Å²) in [5.41, 5.74) is 0. The summed E-state index contributed by atoms with van der Waals surface area (Å²) in [4.78, 5) is 12.4. The highest BCUT2D eigenvalue weighted by Crippen LogP contribution is 1.84. The number of ether oxygens (including phenoxy) is 1. The topological polar surface area (TPSA) is 79.1 Å². The van der Waals surface area contributed by atoms with Crippen molar-refractivity contribution in [2.75, 3.05) is 19.8 Å². The van der Waals surface area contributed by atoms with Crippen molar-refractivity contribution in [1.29, 1.82) is 0 Å². The summed E-state index contributed by atoms with van der Waals surface area (Å²) in [5, 5.41) is 16.8. The Labute approximate surface area is 58.0 Å². The first-order chi connectivity index (χ1) is 4.81. The normalized spacial score (nSPS) is 12.2. The minimum atomic E-state index is -1.16. The molecule has 0 aromatic heterocycles. The van der Waals surface area contributed by atoms with Gasteiger partial charge in [0.1, 0.15) is 0 Å². The molecule has 10 heavy (non-hydrogen) atoms. The molecule has 0 saturated heterocycles. The minimum Gasteiger partial charge on any atom is -0.394 e. The molecule has 0 amide bonds. The predicted molar refractivity (Wildman–Crippen MR) is 32.0 cm³/mol. The van der Waals surface area contributed by atoms with Gasteiger partial charge in [-0.15, -0.1) is 0 Å². The number of rotatable bonds is 5. The molecule has 0 aromatic carbocycles. The first-order valence-electron chi connectivity index (χ1n) is 2.75. The molecule has 5 nitrogen and oxygen atoms in total. The molecule has 0 bridgehead atoms. The lowest BCUT2D eigenvalue weighted by Crippen LogP contribution is -2.13. The largest absolute Gasteiger partial charge is 0.394 e. The third-order valence-electron chi connectivity index (χ3n) is 0.704. The summed E-state index contributed by atoms with van der Waals surface area (Å²) in [6.45, 7) is -0.0707. The van der Waals surface area contributed by atoms with E-state index in [0.717, 1.165) is 0 Å². The Hall–Kier alpha value is -0.740. The average molecular weight is 147 g/mol. The Morgan fingerprint density at radius 3 is 2.90 bits per heavy atom. The summed E-state index contributed by atoms with van der Waals surface area (Å²) < 4.78 is 4.62. The van der Waals surface area contributed by atoms with Crippen LogP contribution < -0.4 is 0 Å². The summed E-state index contributed by atoms with van der Waals surface area (Å²) >= 11 is 0. The number of hydrogen-bond acceptors (Lipinski definition) is 5. The van der Waals surface area contributed by atoms with Crippen LogP contribution in [-0.4, -0.2) is 42.3 Å². The first kappa shape index (κ1) is 9.26. The monoisotopic (exact) mass is 147 g/mol. The van der Waals surface area contributed by atoms with E-state index in [1.54, 1.807) is 0 Å². The number of hydrogen-bond donors (Lipinski definition) is 2. The van der Waals surface area contributed by atoms with Crippen molar-refractivity contribution in [3.05, 3.63) is 0 Å². The lowest BCUT2D eigenvalue weighted by atomic mass is 10.6. The predicted octanol–water partition coefficient (Wildman–Crippen LogP) is -1.35. The third-order valence-corrected chi connectivity index (χ3v) is 0.704. The van der Waals surface area contributed by atoms with Crippen LogP contribution in [0, 0.1) is 0 Å². The maximum Gasteiger partial charge on any atom is 0.237 e. The van der Waals surface area contributed by atoms with Crippen molar-refractivity contribution in [2.24, 2.45) is 4.99 Å². The van der Waals surface area contributed by atoms with Crippen LogP contribution in [0.1, 0.15) is 0 Å². The number of isocyanates is 1. The van der Waals surface area contributed by atoms with Crippen molar-refractivity contribution in [1.82, 2.24) is 0 Å². The maximum atomic E-state index is 9.49. The fourth-order valence-electron chi connectivity index (χ4n) is 0.351. The van der Waals surface area contributed by atoms with Crippen LogP contribution in [0.4, 0.5) is 0 Å². The Bertz CT molecular complexity index is 121. The molecule has 0 aromatic rings. The van der Waals surface area contributed by atoms with Gasteiger partial charge in [0.15, 0.2) is 6.23 Å². The highest BCUT2D eigenvalue weighted by atomic mass is 16.5. The van der Waals surface area contributed by atoms with Gasteiger partial charge in [0.2, 0.25) is 6.08 Å². The van der Waals surface area contributed by atoms with Crippen LogP contribution in [0.2, 0.25) is 0 Å². The van der Waals surface area contributed by atoms with E-state index in [-0.39, 0.29) is 19.8 Å². The van der Waals surface area contributed by atoms with E-state index in [0.29, 0.717) is 0 Å². The van der Waals surface area contributed by atoms with Gasteiger partial charge in [0.05, 0.1) is 19.8 Å². The SMILES string of the molecule is O=C=NC(O)COCCO. The Kier molecular flexibility index (Phi) is 5.91. The van der Waals surface area contributed by atoms with Gasteiger partial charge in [-0.25, -0.2) is 4.79 Å². The van der Waals surface area contributed by atoms with Crippen LogP contribution >= 0.6 is 0 Å². The van der Waals surface area contributed by atoms with E-state index >= 15 is 0 Å². The lowest BCUT2D eigenvalue weighted by Gasteiger charge is -2.02. The van der Waals surface area contributed by atoms with E-state index in [1.807, 2.05) is 0 Å². The second kappa shape index (κ2) is 6.38. The average Bonchev–Trinajstić information content (AvgIpc) is 1.89. The molecule has 1 unspecified atom stereocenters. The molecule has 0 aliphatic heterocycles. The zero-order chi connectivity index (χ0) is 7.82. The molecule has 0 aliphatic carbocycles. The molecule has 0 aliphatic rings. The van der Waals surface area contributed by atoms with E-state index in [9.17, 15) is 4.79 Å². The van der Waals surface area contributed by atoms with Gasteiger partial charge >= 0.3 is 0 Å². The van der Waals surface area contributed by atoms with Crippen molar-refractivity contribution in [3.63, 3.8) is 0 Å². The molecule has 0 saturated carbocycles. The molecule has 1 atom stereocenters. The fourth-order valence-corrected chi connectivity index (χ4v) is 0.351. The Balaban J connectivity index is 3.21. The molecule has 0 rings (SSSR count). The summed E-state index contributed by atoms with van der Waals surface area (Å²) in [6, 6.07) is 0. The minimum absolute atomic E-state index is 0.0875. The van der Waals surface area contributed by atoms with E-state index < -0.39 is 6.23 Å². The number of aliphatic imine (C=N–C) groups is 1. The van der Waals surface area contributed by atoms with Gasteiger partial charge in [-0.2, -0.15) is 4.99 Å². The molecular formula is C5H9NO4. The Morgan fingerprint density at radius 1 is 1.70 bits per heavy atom. The summed E-state index contributed by atoms with van der Waals surface area (Å²) in [7, 11) is 0. The molecule has 5 heteroatoms. The summed E-state index contributed by atoms with van der Waals surface area (Å²) in [6.07, 6.45) is 0.0140. The quantitative estimate of drug-likeness (QED) is 0.286. The van der Waals surface area contributed by atoms with E-state index in [4.69, 9.17) is 10.2 Å². The highest BCUT2D eigenvalue weighted by Gasteiger charge is 1.98. The smallest absolute Gasteiger partial charge is 0.237 e. The Morgan fingerprint density at radius 2 is 2.40 bits per heavy atom. The first-order valence-corrected chi connectivity index (χ1v) is 2.75. The number of nitrogens with zero attached hydrogens (tertiary/aromatic N) is 1. The van der Waals surface area contributed by atoms with Gasteiger partial charge < -0.3 is 14.9 Å². The zero-order valence-electron chi connectivity index (χ0n) is 5.36. The van der Waals surface area contributed by atoms with Gasteiger partial charge in [-0.05, 0) is 0 Å². The maximum absolute atomic E-state index is 9.49. The number of aliphatic hydroxyl groups is 2. The highest BCUT2D eigenvalue weighted by molar-refractivity contribution is 5.33. The van der Waals surface area contributed by atoms with Crippen LogP contribution in [0.3, 0.4) is 0 Å². The van der Waals surface area contributed by atoms with Crippen molar-refractivity contribution < 1.29 is 19.7 Å². The standard InChI is InChI=1S/C5H9NO4/c7-1-2-10-3-5(9)6-4-8/h5,7,9H,1-3H2. The van der Waals surface area contributed by atoms with Gasteiger partial charge in [-0.1, -0.05) is 0 Å². The molecule has 2 N–H and O–H groups in total. The molecule has 0 heterocycles. The molecule has 0 spiro atoms. The summed E-state index contributed by atoms with van der Waals surface area (Å²) in [5.74, 6) is 0. The van der Waals surface area contributed by atoms with Crippen LogP contribution in [-0.2, 0) is 9.53 Å². The van der Waals surface area contributed by atoms with Crippen molar-refractivity contribution >= 4 is 6.08 Å². The fraction of sp³-hybridized carbons (Fsp3) is 0.800. The number of aliphatic hydroxyl groups excluding tert-OH is 2. The second-order valence-electron chi connectivity index (χ2n) is 1.50. The van der Waals surface area contributed by atoms with Gasteiger partial charge in [0, 0.05) is 0 Å². The van der Waals surface area contributed by atoms with Crippen LogP contribution in [0.15, 0.2) is 4.99 Å². The second-order valence-corrected chi connectivity index (χ2v) is 1.50. The van der Waals surface area contributed by atoms with E-state index in [2.05, 4.69) is 9.73 Å². The van der Waals surface area contributed by atoms with Crippen LogP contribution in [0.5, 0.6) is 0 Å². The molecule has 0 radical (unpaired) electrons. The van der Waals surface area contributed by atoms with Crippen molar-refractivity contribution in [2.45, 2.75) is 6.23 Å². The third kappa shape index (κ3) is 5.40. The molecule has 0 fully saturated rings. The molecular weight excluding hydrogens is 138 g/mol. The van der Waals surface area contributed by atoms with Crippen molar-refractivity contribution in [3.8, 4) is 0 Å². The van der Waals surface area contributed by atoms with Crippen LogP contribution in [0.25, 0.3) is 0 Å². The lowest BCUT2D eigenvalue weighted by molar-refractivity contribution is 0.0254. The number of carbonyl (C=O) groups excluding carboxylic acids is 1. The van der Waals surface area contributed by atoms with Gasteiger partial charge in [0.25, 0.3) is 0 Å². The molecule has 58 valence electrons. The zero-order valence-corrected chi connectivity index (χ0v) is 5.36.